The van der Waals surface area contributed by atoms with E-state index < -0.39 is 12.7 Å². The van der Waals surface area contributed by atoms with E-state index in [4.69, 9.17) is 0 Å². The maximum absolute atomic E-state index is 11.9. The third-order valence-electron chi connectivity index (χ3n) is 1.63. The number of carbonyl (C=O) groups excluding carboxylic acids is 1. The van der Waals surface area contributed by atoms with Crippen molar-refractivity contribution < 1.29 is 18.0 Å². The number of alkyl halides is 3. The number of carbonyl (C=O) groups is 1. The molecular formula is C8H14F3NO. The maximum atomic E-state index is 11.9. The van der Waals surface area contributed by atoms with Gasteiger partial charge in [0.05, 0.1) is 6.54 Å². The number of halogens is 3. The number of hydrogen-bond donors (Lipinski definition) is 0. The molecule has 0 saturated carbocycles. The third-order valence-corrected chi connectivity index (χ3v) is 1.63. The molecule has 0 aromatic carbocycles. The summed E-state index contributed by atoms with van der Waals surface area (Å²) in [4.78, 5) is 11.7. The lowest BCUT2D eigenvalue weighted by Gasteiger charge is -2.20. The Bertz CT molecular complexity index is 167. The van der Waals surface area contributed by atoms with Gasteiger partial charge in [-0.1, -0.05) is 6.92 Å². The third kappa shape index (κ3) is 7.77. The van der Waals surface area contributed by atoms with Crippen LogP contribution in [0.5, 0.6) is 0 Å². The van der Waals surface area contributed by atoms with E-state index in [0.717, 1.165) is 0 Å². The van der Waals surface area contributed by atoms with Crippen molar-refractivity contribution in [1.29, 1.82) is 0 Å². The number of rotatable bonds is 5. The number of ketones is 1. The minimum Gasteiger partial charge on any atom is -0.300 e. The van der Waals surface area contributed by atoms with Crippen LogP contribution in [-0.2, 0) is 4.79 Å². The van der Waals surface area contributed by atoms with Crippen LogP contribution in [0.1, 0.15) is 20.3 Å². The molecule has 2 nitrogen and oxygen atoms in total. The molecule has 0 bridgehead atoms. The van der Waals surface area contributed by atoms with Crippen molar-refractivity contribution in [3.63, 3.8) is 0 Å². The molecule has 5 heteroatoms. The zero-order valence-corrected chi connectivity index (χ0v) is 7.82. The molecule has 0 atom stereocenters. The number of nitrogens with zero attached hydrogens (tertiary/aromatic N) is 1. The van der Waals surface area contributed by atoms with Crippen molar-refractivity contribution in [3.8, 4) is 0 Å². The first-order valence-electron chi connectivity index (χ1n) is 4.13. The van der Waals surface area contributed by atoms with Crippen molar-refractivity contribution >= 4 is 5.78 Å². The number of Topliss-reactive ketones (excluding diaryl/α,β-unsaturated/α-hetero) is 1. The predicted octanol–water partition coefficient (Wildman–Crippen LogP) is 1.85. The van der Waals surface area contributed by atoms with Gasteiger partial charge in [0.1, 0.15) is 5.78 Å². The van der Waals surface area contributed by atoms with Crippen LogP contribution in [0.15, 0.2) is 0 Å². The summed E-state index contributed by atoms with van der Waals surface area (Å²) < 4.78 is 35.7. The zero-order chi connectivity index (χ0) is 10.5. The van der Waals surface area contributed by atoms with Crippen LogP contribution in [0.3, 0.4) is 0 Å². The second-order valence-electron chi connectivity index (χ2n) is 2.94. The average Bonchev–Trinajstić information content (AvgIpc) is 1.95. The van der Waals surface area contributed by atoms with E-state index in [2.05, 4.69) is 0 Å². The van der Waals surface area contributed by atoms with Gasteiger partial charge < -0.3 is 0 Å². The fourth-order valence-corrected chi connectivity index (χ4v) is 0.918. The van der Waals surface area contributed by atoms with E-state index in [1.807, 2.05) is 0 Å². The van der Waals surface area contributed by atoms with Crippen molar-refractivity contribution in [3.05, 3.63) is 0 Å². The van der Waals surface area contributed by atoms with E-state index in [9.17, 15) is 18.0 Å². The fourth-order valence-electron chi connectivity index (χ4n) is 0.918. The lowest BCUT2D eigenvalue weighted by atomic mass is 10.3. The van der Waals surface area contributed by atoms with Crippen LogP contribution in [0.4, 0.5) is 13.2 Å². The summed E-state index contributed by atoms with van der Waals surface area (Å²) >= 11 is 0. The Kier molecular flexibility index (Phi) is 4.98. The molecule has 0 rings (SSSR count). The average molecular weight is 197 g/mol. The summed E-state index contributed by atoms with van der Waals surface area (Å²) in [6, 6.07) is 0. The van der Waals surface area contributed by atoms with Gasteiger partial charge in [0.15, 0.2) is 0 Å². The minimum absolute atomic E-state index is 0.0828. The molecule has 78 valence electrons. The lowest BCUT2D eigenvalue weighted by Crippen LogP contribution is -2.35. The maximum Gasteiger partial charge on any atom is 0.401 e. The van der Waals surface area contributed by atoms with E-state index in [0.29, 0.717) is 6.54 Å². The molecule has 0 heterocycles. The largest absolute Gasteiger partial charge is 0.401 e. The van der Waals surface area contributed by atoms with Crippen LogP contribution in [0, 0.1) is 0 Å². The van der Waals surface area contributed by atoms with Gasteiger partial charge >= 0.3 is 6.18 Å². The highest BCUT2D eigenvalue weighted by atomic mass is 19.4. The summed E-state index contributed by atoms with van der Waals surface area (Å²) in [7, 11) is 0. The van der Waals surface area contributed by atoms with Gasteiger partial charge in [-0.15, -0.1) is 0 Å². The molecule has 0 amide bonds. The fraction of sp³-hybridized carbons (Fsp3) is 0.875. The molecule has 0 spiro atoms. The summed E-state index contributed by atoms with van der Waals surface area (Å²) in [6.07, 6.45) is -3.99. The van der Waals surface area contributed by atoms with Crippen LogP contribution in [0.25, 0.3) is 0 Å². The summed E-state index contributed by atoms with van der Waals surface area (Å²) in [5.74, 6) is -0.0828. The standard InChI is InChI=1S/C8H14F3NO/c1-3-12(5-4-7(2)13)6-8(9,10)11/h3-6H2,1-2H3. The molecule has 0 aliphatic rings. The molecule has 0 fully saturated rings. The Labute approximate surface area is 75.7 Å². The molecule has 0 aromatic rings. The highest BCUT2D eigenvalue weighted by molar-refractivity contribution is 5.75. The first-order chi connectivity index (χ1) is 5.85. The highest BCUT2D eigenvalue weighted by Crippen LogP contribution is 2.16. The molecular weight excluding hydrogens is 183 g/mol. The molecule has 0 saturated heterocycles. The van der Waals surface area contributed by atoms with Gasteiger partial charge in [-0.25, -0.2) is 0 Å². The molecule has 0 aliphatic heterocycles. The normalized spacial score (nSPS) is 12.2. The van der Waals surface area contributed by atoms with E-state index in [-0.39, 0.29) is 18.7 Å². The minimum atomic E-state index is -4.17. The van der Waals surface area contributed by atoms with Gasteiger partial charge in [-0.3, -0.25) is 9.69 Å². The van der Waals surface area contributed by atoms with Crippen molar-refractivity contribution in [2.75, 3.05) is 19.6 Å². The lowest BCUT2D eigenvalue weighted by molar-refractivity contribution is -0.146. The summed E-state index contributed by atoms with van der Waals surface area (Å²) in [5, 5.41) is 0. The van der Waals surface area contributed by atoms with E-state index in [1.54, 1.807) is 6.92 Å². The quantitative estimate of drug-likeness (QED) is 0.670. The van der Waals surface area contributed by atoms with E-state index >= 15 is 0 Å². The van der Waals surface area contributed by atoms with Crippen LogP contribution in [0.2, 0.25) is 0 Å². The molecule has 13 heavy (non-hydrogen) atoms. The van der Waals surface area contributed by atoms with Gasteiger partial charge in [0.25, 0.3) is 0 Å². The van der Waals surface area contributed by atoms with Gasteiger partial charge in [0.2, 0.25) is 0 Å². The highest BCUT2D eigenvalue weighted by Gasteiger charge is 2.29. The summed E-state index contributed by atoms with van der Waals surface area (Å²) in [6.45, 7) is 2.59. The van der Waals surface area contributed by atoms with Gasteiger partial charge in [-0.05, 0) is 13.5 Å². The molecule has 0 unspecified atom stereocenters. The monoisotopic (exact) mass is 197 g/mol. The Balaban J connectivity index is 3.83. The predicted molar refractivity (Wildman–Crippen MR) is 43.5 cm³/mol. The zero-order valence-electron chi connectivity index (χ0n) is 7.82. The Morgan fingerprint density at radius 2 is 1.92 bits per heavy atom. The first kappa shape index (κ1) is 12.4. The summed E-state index contributed by atoms with van der Waals surface area (Å²) in [5.41, 5.74) is 0. The van der Waals surface area contributed by atoms with Gasteiger partial charge in [0, 0.05) is 13.0 Å². The smallest absolute Gasteiger partial charge is 0.300 e. The van der Waals surface area contributed by atoms with Crippen molar-refractivity contribution in [1.82, 2.24) is 4.90 Å². The van der Waals surface area contributed by atoms with E-state index in [1.165, 1.54) is 11.8 Å². The SMILES string of the molecule is CCN(CCC(C)=O)CC(F)(F)F. The van der Waals surface area contributed by atoms with Crippen LogP contribution >= 0.6 is 0 Å². The van der Waals surface area contributed by atoms with Gasteiger partial charge in [-0.2, -0.15) is 13.2 Å². The molecule has 0 aromatic heterocycles. The first-order valence-corrected chi connectivity index (χ1v) is 4.13. The van der Waals surface area contributed by atoms with Crippen LogP contribution < -0.4 is 0 Å². The Hall–Kier alpha value is -0.580. The second-order valence-corrected chi connectivity index (χ2v) is 2.94. The molecule has 0 N–H and O–H groups in total. The Morgan fingerprint density at radius 1 is 1.38 bits per heavy atom. The molecule has 0 radical (unpaired) electrons. The van der Waals surface area contributed by atoms with Crippen molar-refractivity contribution in [2.45, 2.75) is 26.4 Å². The topological polar surface area (TPSA) is 20.3 Å². The molecule has 0 aliphatic carbocycles. The van der Waals surface area contributed by atoms with Crippen molar-refractivity contribution in [2.24, 2.45) is 0 Å². The second kappa shape index (κ2) is 5.21. The number of hydrogen-bond acceptors (Lipinski definition) is 2. The van der Waals surface area contributed by atoms with Crippen LogP contribution in [-0.4, -0.2) is 36.5 Å². The Morgan fingerprint density at radius 3 is 2.23 bits per heavy atom.